The van der Waals surface area contributed by atoms with Crippen LogP contribution in [0.3, 0.4) is 0 Å². The van der Waals surface area contributed by atoms with E-state index in [0.29, 0.717) is 25.6 Å². The highest BCUT2D eigenvalue weighted by molar-refractivity contribution is 9.10. The largest absolute Gasteiger partial charge is 0.312 e. The zero-order valence-electron chi connectivity index (χ0n) is 9.28. The summed E-state index contributed by atoms with van der Waals surface area (Å²) in [5, 5.41) is 18.2. The fourth-order valence-electron chi connectivity index (χ4n) is 1.41. The van der Waals surface area contributed by atoms with Gasteiger partial charge in [-0.05, 0) is 28.9 Å². The highest BCUT2D eigenvalue weighted by Gasteiger charge is 2.21. The lowest BCUT2D eigenvalue weighted by molar-refractivity contribution is 0.423. The van der Waals surface area contributed by atoms with Crippen LogP contribution in [0.25, 0.3) is 11.0 Å². The first-order valence-corrected chi connectivity index (χ1v) is 6.47. The van der Waals surface area contributed by atoms with Crippen molar-refractivity contribution in [3.05, 3.63) is 20.6 Å². The third-order valence-corrected chi connectivity index (χ3v) is 3.89. The first kappa shape index (κ1) is 13.6. The molecule has 18 heavy (non-hydrogen) atoms. The summed E-state index contributed by atoms with van der Waals surface area (Å²) in [6, 6.07) is 3.56. The third kappa shape index (κ3) is 2.45. The second-order valence-electron chi connectivity index (χ2n) is 4.11. The van der Waals surface area contributed by atoms with E-state index in [2.05, 4.69) is 26.1 Å². The Hall–Kier alpha value is -0.870. The fraction of sp³-hybridized carbons (Fsp3) is 0.300. The monoisotopic (exact) mass is 347 g/mol. The van der Waals surface area contributed by atoms with Crippen molar-refractivity contribution in [1.29, 1.82) is 5.26 Å². The van der Waals surface area contributed by atoms with Crippen LogP contribution in [0.15, 0.2) is 10.5 Å². The smallest absolute Gasteiger partial charge is 0.133 e. The van der Waals surface area contributed by atoms with Gasteiger partial charge in [-0.2, -0.15) is 20.3 Å². The van der Waals surface area contributed by atoms with Crippen LogP contribution >= 0.6 is 39.1 Å². The molecule has 2 rings (SSSR count). The van der Waals surface area contributed by atoms with Gasteiger partial charge in [-0.1, -0.05) is 23.2 Å². The summed E-state index contributed by atoms with van der Waals surface area (Å²) in [6.45, 7) is 1.77. The summed E-state index contributed by atoms with van der Waals surface area (Å²) in [4.78, 5) is 1.35. The van der Waals surface area contributed by atoms with Crippen LogP contribution in [-0.4, -0.2) is 20.5 Å². The van der Waals surface area contributed by atoms with Crippen molar-refractivity contribution in [1.82, 2.24) is 15.0 Å². The molecule has 94 valence electrons. The minimum atomic E-state index is -1.04. The van der Waals surface area contributed by atoms with Gasteiger partial charge in [0.1, 0.15) is 16.6 Å². The average molecular weight is 349 g/mol. The van der Waals surface area contributed by atoms with Crippen LogP contribution < -0.4 is 5.73 Å². The van der Waals surface area contributed by atoms with Crippen molar-refractivity contribution in [2.24, 2.45) is 5.73 Å². The maximum atomic E-state index is 8.88. The van der Waals surface area contributed by atoms with Crippen LogP contribution in [0.5, 0.6) is 0 Å². The number of hydrogen-bond acceptors (Lipinski definition) is 4. The Morgan fingerprint density at radius 1 is 1.44 bits per heavy atom. The van der Waals surface area contributed by atoms with E-state index in [1.807, 2.05) is 6.07 Å². The van der Waals surface area contributed by atoms with Crippen LogP contribution in [0.2, 0.25) is 10.0 Å². The summed E-state index contributed by atoms with van der Waals surface area (Å²) in [5.41, 5.74) is 5.76. The molecule has 0 aliphatic rings. The highest BCUT2D eigenvalue weighted by atomic mass is 79.9. The molecule has 0 spiro atoms. The number of halogens is 3. The molecule has 2 N–H and O–H groups in total. The molecule has 1 heterocycles. The van der Waals surface area contributed by atoms with E-state index in [1.54, 1.807) is 13.0 Å². The molecule has 5 nitrogen and oxygen atoms in total. The van der Waals surface area contributed by atoms with Crippen LogP contribution in [-0.2, 0) is 6.54 Å². The Bertz CT molecular complexity index is 658. The van der Waals surface area contributed by atoms with Crippen molar-refractivity contribution >= 4 is 50.2 Å². The van der Waals surface area contributed by atoms with E-state index in [4.69, 9.17) is 34.2 Å². The van der Waals surface area contributed by atoms with Crippen molar-refractivity contribution in [2.75, 3.05) is 0 Å². The molecule has 8 heteroatoms. The van der Waals surface area contributed by atoms with E-state index < -0.39 is 5.54 Å². The third-order valence-electron chi connectivity index (χ3n) is 2.28. The Morgan fingerprint density at radius 2 is 2.06 bits per heavy atom. The van der Waals surface area contributed by atoms with Gasteiger partial charge in [0.05, 0.1) is 27.1 Å². The van der Waals surface area contributed by atoms with Gasteiger partial charge in [-0.15, -0.1) is 0 Å². The summed E-state index contributed by atoms with van der Waals surface area (Å²) >= 11 is 15.3. The second kappa shape index (κ2) is 4.67. The minimum Gasteiger partial charge on any atom is -0.312 e. The summed E-state index contributed by atoms with van der Waals surface area (Å²) < 4.78 is 0.616. The fourth-order valence-corrected chi connectivity index (χ4v) is 2.29. The lowest BCUT2D eigenvalue weighted by Gasteiger charge is -2.13. The maximum Gasteiger partial charge on any atom is 0.133 e. The molecule has 0 saturated heterocycles. The first-order valence-electron chi connectivity index (χ1n) is 4.92. The molecule has 0 amide bonds. The normalized spacial score (nSPS) is 14.4. The molecule has 1 aromatic heterocycles. The van der Waals surface area contributed by atoms with Crippen LogP contribution in [0, 0.1) is 11.3 Å². The number of aromatic nitrogens is 3. The van der Waals surface area contributed by atoms with Crippen molar-refractivity contribution in [3.8, 4) is 6.07 Å². The molecular formula is C10H8BrCl2N5. The van der Waals surface area contributed by atoms with Crippen molar-refractivity contribution in [2.45, 2.75) is 19.0 Å². The van der Waals surface area contributed by atoms with Crippen LogP contribution in [0.1, 0.15) is 6.92 Å². The Kier molecular flexibility index (Phi) is 3.52. The predicted molar refractivity (Wildman–Crippen MR) is 73.5 cm³/mol. The zero-order chi connectivity index (χ0) is 13.5. The van der Waals surface area contributed by atoms with Gasteiger partial charge >= 0.3 is 0 Å². The molecule has 0 saturated carbocycles. The molecule has 1 atom stereocenters. The van der Waals surface area contributed by atoms with E-state index in [0.717, 1.165) is 0 Å². The lowest BCUT2D eigenvalue weighted by Crippen LogP contribution is -2.39. The van der Waals surface area contributed by atoms with E-state index >= 15 is 0 Å². The van der Waals surface area contributed by atoms with Gasteiger partial charge in [0.15, 0.2) is 0 Å². The quantitative estimate of drug-likeness (QED) is 0.846. The van der Waals surface area contributed by atoms with Gasteiger partial charge in [0.25, 0.3) is 0 Å². The summed E-state index contributed by atoms with van der Waals surface area (Å²) in [7, 11) is 0. The number of fused-ring (bicyclic) bond motifs is 1. The molecule has 1 aromatic carbocycles. The number of benzene rings is 1. The number of hydrogen-bond donors (Lipinski definition) is 1. The summed E-state index contributed by atoms with van der Waals surface area (Å²) in [6.07, 6.45) is 0. The van der Waals surface area contributed by atoms with Crippen molar-refractivity contribution < 1.29 is 0 Å². The first-order chi connectivity index (χ1) is 8.34. The van der Waals surface area contributed by atoms with Gasteiger partial charge < -0.3 is 5.73 Å². The molecule has 0 aliphatic carbocycles. The van der Waals surface area contributed by atoms with Crippen LogP contribution in [0.4, 0.5) is 0 Å². The maximum absolute atomic E-state index is 8.88. The number of nitriles is 1. The topological polar surface area (TPSA) is 80.5 Å². The SMILES string of the molecule is CC(N)(C#N)Cn1nc2c(Cl)cc(Cl)c(Br)c2n1. The van der Waals surface area contributed by atoms with Crippen molar-refractivity contribution in [3.63, 3.8) is 0 Å². The van der Waals surface area contributed by atoms with Gasteiger partial charge in [-0.3, -0.25) is 0 Å². The average Bonchev–Trinajstić information content (AvgIpc) is 2.70. The van der Waals surface area contributed by atoms with Gasteiger partial charge in [0, 0.05) is 0 Å². The Labute approximate surface area is 122 Å². The molecule has 1 unspecified atom stereocenters. The van der Waals surface area contributed by atoms with Gasteiger partial charge in [0.2, 0.25) is 0 Å². The standard InChI is InChI=1S/C10H8BrCl2N5/c1-10(15,3-14)4-18-16-8-6(13)2-5(12)7(11)9(8)17-18/h2H,4,15H2,1H3. The zero-order valence-corrected chi connectivity index (χ0v) is 12.4. The Morgan fingerprint density at radius 3 is 2.67 bits per heavy atom. The lowest BCUT2D eigenvalue weighted by atomic mass is 10.1. The molecule has 0 bridgehead atoms. The molecule has 2 aromatic rings. The summed E-state index contributed by atoms with van der Waals surface area (Å²) in [5.74, 6) is 0. The molecule has 0 radical (unpaired) electrons. The Balaban J connectivity index is 2.55. The van der Waals surface area contributed by atoms with E-state index in [-0.39, 0.29) is 6.54 Å². The highest BCUT2D eigenvalue weighted by Crippen LogP contribution is 2.34. The number of nitrogens with zero attached hydrogens (tertiary/aromatic N) is 4. The number of rotatable bonds is 2. The predicted octanol–water partition coefficient (Wildman–Crippen LogP) is 2.74. The van der Waals surface area contributed by atoms with E-state index in [1.165, 1.54) is 4.80 Å². The molecule has 0 aliphatic heterocycles. The number of nitrogens with two attached hydrogens (primary N) is 1. The second-order valence-corrected chi connectivity index (χ2v) is 5.72. The molecule has 0 fully saturated rings. The molecular weight excluding hydrogens is 341 g/mol. The van der Waals surface area contributed by atoms with Gasteiger partial charge in [-0.25, -0.2) is 0 Å². The van der Waals surface area contributed by atoms with E-state index in [9.17, 15) is 0 Å². The minimum absolute atomic E-state index is 0.165.